The van der Waals surface area contributed by atoms with Crippen molar-refractivity contribution in [2.45, 2.75) is 18.0 Å². The second-order valence-corrected chi connectivity index (χ2v) is 11.0. The number of hydrogen-bond acceptors (Lipinski definition) is 3. The first-order valence-corrected chi connectivity index (χ1v) is 12.7. The summed E-state index contributed by atoms with van der Waals surface area (Å²) in [7, 11) is -2.54. The van der Waals surface area contributed by atoms with Crippen molar-refractivity contribution < 1.29 is 17.6 Å². The Kier molecular flexibility index (Phi) is 8.53. The molecule has 0 heterocycles. The highest BCUT2D eigenvalue weighted by molar-refractivity contribution is 9.10. The maximum atomic E-state index is 14.0. The van der Waals surface area contributed by atoms with Gasteiger partial charge < -0.3 is 4.90 Å². The molecule has 3 aromatic carbocycles. The van der Waals surface area contributed by atoms with E-state index in [9.17, 15) is 17.6 Å². The first-order chi connectivity index (χ1) is 15.6. The lowest BCUT2D eigenvalue weighted by atomic mass is 10.2. The zero-order valence-electron chi connectivity index (χ0n) is 17.5. The molecule has 5 nitrogen and oxygen atoms in total. The summed E-state index contributed by atoms with van der Waals surface area (Å²) in [6.45, 7) is -0.539. The van der Waals surface area contributed by atoms with Crippen LogP contribution >= 0.6 is 39.1 Å². The molecule has 0 bridgehead atoms. The molecule has 0 N–H and O–H groups in total. The lowest BCUT2D eigenvalue weighted by Gasteiger charge is -2.25. The van der Waals surface area contributed by atoms with E-state index in [4.69, 9.17) is 23.2 Å². The second-order valence-electron chi connectivity index (χ2n) is 7.32. The van der Waals surface area contributed by atoms with Crippen LogP contribution in [-0.4, -0.2) is 37.1 Å². The van der Waals surface area contributed by atoms with Crippen LogP contribution in [0.25, 0.3) is 0 Å². The molecular weight excluding hydrogens is 554 g/mol. The van der Waals surface area contributed by atoms with Gasteiger partial charge in [-0.15, -0.1) is 0 Å². The number of hydrogen-bond donors (Lipinski definition) is 0. The minimum Gasteiger partial charge on any atom is -0.340 e. The second kappa shape index (κ2) is 11.0. The van der Waals surface area contributed by atoms with Gasteiger partial charge in [0, 0.05) is 30.2 Å². The summed E-state index contributed by atoms with van der Waals surface area (Å²) in [5.41, 5.74) is 0.898. The third kappa shape index (κ3) is 6.55. The monoisotopic (exact) mass is 572 g/mol. The number of carbonyl (C=O) groups is 1. The van der Waals surface area contributed by atoms with Gasteiger partial charge in [-0.1, -0.05) is 63.4 Å². The lowest BCUT2D eigenvalue weighted by molar-refractivity contribution is -0.130. The van der Waals surface area contributed by atoms with E-state index in [1.807, 2.05) is 0 Å². The number of benzene rings is 3. The SMILES string of the molecule is CN(Cc1ccccc1F)C(=O)CN(Cc1ccc(Cl)c(Cl)c1)S(=O)(=O)c1ccc(Br)cc1. The first kappa shape index (κ1) is 25.6. The highest BCUT2D eigenvalue weighted by Gasteiger charge is 2.28. The maximum Gasteiger partial charge on any atom is 0.243 e. The smallest absolute Gasteiger partial charge is 0.243 e. The molecule has 3 rings (SSSR count). The van der Waals surface area contributed by atoms with Gasteiger partial charge in [-0.05, 0) is 48.0 Å². The molecule has 0 radical (unpaired) electrons. The zero-order chi connectivity index (χ0) is 24.2. The molecule has 0 saturated heterocycles. The largest absolute Gasteiger partial charge is 0.340 e. The van der Waals surface area contributed by atoms with Crippen LogP contribution in [0.5, 0.6) is 0 Å². The standard InChI is InChI=1S/C23H20BrCl2FN2O3S/c1-28(14-17-4-2-3-5-22(17)27)23(30)15-29(13-16-6-11-20(25)21(26)12-16)33(31,32)19-9-7-18(24)8-10-19/h2-12H,13-15H2,1H3. The van der Waals surface area contributed by atoms with Gasteiger partial charge in [-0.3, -0.25) is 4.79 Å². The fourth-order valence-electron chi connectivity index (χ4n) is 3.07. The van der Waals surface area contributed by atoms with Crippen molar-refractivity contribution in [2.24, 2.45) is 0 Å². The number of likely N-dealkylation sites (N-methyl/N-ethyl adjacent to an activating group) is 1. The van der Waals surface area contributed by atoms with Crippen LogP contribution in [0.3, 0.4) is 0 Å². The molecule has 0 spiro atoms. The fourth-order valence-corrected chi connectivity index (χ4v) is 5.03. The molecule has 0 aromatic heterocycles. The van der Waals surface area contributed by atoms with E-state index in [1.54, 1.807) is 48.5 Å². The quantitative estimate of drug-likeness (QED) is 0.345. The molecule has 174 valence electrons. The minimum atomic E-state index is -4.03. The average Bonchev–Trinajstić information content (AvgIpc) is 2.77. The van der Waals surface area contributed by atoms with Crippen molar-refractivity contribution in [3.63, 3.8) is 0 Å². The van der Waals surface area contributed by atoms with Gasteiger partial charge in [-0.2, -0.15) is 4.31 Å². The molecule has 0 aliphatic heterocycles. The molecule has 0 saturated carbocycles. The van der Waals surface area contributed by atoms with Crippen molar-refractivity contribution in [2.75, 3.05) is 13.6 Å². The Balaban J connectivity index is 1.88. The normalized spacial score (nSPS) is 11.6. The number of rotatable bonds is 8. The predicted octanol–water partition coefficient (Wildman–Crippen LogP) is 5.74. The van der Waals surface area contributed by atoms with Crippen molar-refractivity contribution in [1.82, 2.24) is 9.21 Å². The number of nitrogens with zero attached hydrogens (tertiary/aromatic N) is 2. The summed E-state index contributed by atoms with van der Waals surface area (Å²) in [5.74, 6) is -0.925. The summed E-state index contributed by atoms with van der Waals surface area (Å²) in [5, 5.41) is 0.613. The van der Waals surface area contributed by atoms with Crippen LogP contribution in [0.4, 0.5) is 4.39 Å². The predicted molar refractivity (Wildman–Crippen MR) is 131 cm³/mol. The summed E-state index contributed by atoms with van der Waals surface area (Å²) >= 11 is 15.4. The highest BCUT2D eigenvalue weighted by atomic mass is 79.9. The molecule has 0 aliphatic rings. The van der Waals surface area contributed by atoms with E-state index in [0.717, 1.165) is 8.78 Å². The van der Waals surface area contributed by atoms with Crippen LogP contribution in [-0.2, 0) is 27.9 Å². The van der Waals surface area contributed by atoms with Crippen molar-refractivity contribution in [3.05, 3.63) is 98.2 Å². The van der Waals surface area contributed by atoms with Crippen LogP contribution in [0.15, 0.2) is 76.1 Å². The van der Waals surface area contributed by atoms with Gasteiger partial charge >= 0.3 is 0 Å². The number of sulfonamides is 1. The summed E-state index contributed by atoms with van der Waals surface area (Å²) in [6.07, 6.45) is 0. The summed E-state index contributed by atoms with van der Waals surface area (Å²) < 4.78 is 42.6. The first-order valence-electron chi connectivity index (χ1n) is 9.75. The van der Waals surface area contributed by atoms with Gasteiger partial charge in [-0.25, -0.2) is 12.8 Å². The summed E-state index contributed by atoms with van der Waals surface area (Å²) in [4.78, 5) is 14.3. The molecule has 0 atom stereocenters. The average molecular weight is 574 g/mol. The zero-order valence-corrected chi connectivity index (χ0v) is 21.4. The Morgan fingerprint density at radius 1 is 0.970 bits per heavy atom. The van der Waals surface area contributed by atoms with E-state index < -0.39 is 28.3 Å². The van der Waals surface area contributed by atoms with E-state index in [1.165, 1.54) is 30.1 Å². The Bertz CT molecular complexity index is 1260. The molecule has 10 heteroatoms. The Labute approximate surface area is 210 Å². The van der Waals surface area contributed by atoms with Crippen molar-refractivity contribution in [3.8, 4) is 0 Å². The van der Waals surface area contributed by atoms with E-state index in [2.05, 4.69) is 15.9 Å². The third-order valence-electron chi connectivity index (χ3n) is 4.90. The van der Waals surface area contributed by atoms with Crippen LogP contribution in [0.1, 0.15) is 11.1 Å². The van der Waals surface area contributed by atoms with Crippen LogP contribution < -0.4 is 0 Å². The van der Waals surface area contributed by atoms with Crippen LogP contribution in [0, 0.1) is 5.82 Å². The third-order valence-corrected chi connectivity index (χ3v) is 7.97. The van der Waals surface area contributed by atoms with E-state index in [0.29, 0.717) is 16.1 Å². The Morgan fingerprint density at radius 2 is 1.64 bits per heavy atom. The fraction of sp³-hybridized carbons (Fsp3) is 0.174. The topological polar surface area (TPSA) is 57.7 Å². The molecule has 1 amide bonds. The maximum absolute atomic E-state index is 14.0. The molecule has 0 unspecified atom stereocenters. The Hall–Kier alpha value is -1.97. The van der Waals surface area contributed by atoms with Crippen LogP contribution in [0.2, 0.25) is 10.0 Å². The highest BCUT2D eigenvalue weighted by Crippen LogP contribution is 2.26. The van der Waals surface area contributed by atoms with E-state index in [-0.39, 0.29) is 23.0 Å². The van der Waals surface area contributed by atoms with Gasteiger partial charge in [0.25, 0.3) is 0 Å². The molecule has 33 heavy (non-hydrogen) atoms. The van der Waals surface area contributed by atoms with Gasteiger partial charge in [0.1, 0.15) is 5.82 Å². The molecule has 0 aliphatic carbocycles. The van der Waals surface area contributed by atoms with E-state index >= 15 is 0 Å². The Morgan fingerprint density at radius 3 is 2.27 bits per heavy atom. The number of amides is 1. The van der Waals surface area contributed by atoms with Crippen molar-refractivity contribution in [1.29, 1.82) is 0 Å². The molecule has 3 aromatic rings. The van der Waals surface area contributed by atoms with Gasteiger partial charge in [0.15, 0.2) is 0 Å². The number of carbonyl (C=O) groups excluding carboxylic acids is 1. The van der Waals surface area contributed by atoms with Crippen molar-refractivity contribution >= 4 is 55.1 Å². The molecular formula is C23H20BrCl2FN2O3S. The van der Waals surface area contributed by atoms with Gasteiger partial charge in [0.2, 0.25) is 15.9 Å². The van der Waals surface area contributed by atoms with Gasteiger partial charge in [0.05, 0.1) is 21.5 Å². The lowest BCUT2D eigenvalue weighted by Crippen LogP contribution is -2.41. The molecule has 0 fully saturated rings. The minimum absolute atomic E-state index is 0.00442. The number of halogens is 4. The summed E-state index contributed by atoms with van der Waals surface area (Å²) in [6, 6.07) is 17.0.